The van der Waals surface area contributed by atoms with E-state index in [4.69, 9.17) is 0 Å². The van der Waals surface area contributed by atoms with Gasteiger partial charge in [0.15, 0.2) is 0 Å². The quantitative estimate of drug-likeness (QED) is 0.685. The zero-order valence-electron chi connectivity index (χ0n) is 14.7. The average Bonchev–Trinajstić information content (AvgIpc) is 2.59. The summed E-state index contributed by atoms with van der Waals surface area (Å²) >= 11 is 0. The average molecular weight is 351 g/mol. The number of aromatic hydroxyl groups is 1. The molecule has 2 aromatic rings. The predicted molar refractivity (Wildman–Crippen MR) is 99.7 cm³/mol. The second-order valence-corrected chi connectivity index (χ2v) is 6.41. The molecule has 0 aromatic heterocycles. The van der Waals surface area contributed by atoms with Crippen LogP contribution in [0.4, 0.5) is 10.5 Å². The smallest absolute Gasteiger partial charge is 0.319 e. The number of benzene rings is 2. The van der Waals surface area contributed by atoms with Crippen LogP contribution in [0.5, 0.6) is 5.75 Å². The van der Waals surface area contributed by atoms with Crippen LogP contribution in [-0.4, -0.2) is 17.0 Å². The van der Waals surface area contributed by atoms with E-state index in [9.17, 15) is 14.7 Å². The summed E-state index contributed by atoms with van der Waals surface area (Å²) in [5.41, 5.74) is 3.82. The highest BCUT2D eigenvalue weighted by atomic mass is 16.3. The second kappa shape index (κ2) is 6.92. The van der Waals surface area contributed by atoms with Crippen molar-refractivity contribution in [1.29, 1.82) is 0 Å². The molecule has 1 aliphatic rings. The predicted octanol–water partition coefficient (Wildman–Crippen LogP) is 3.13. The van der Waals surface area contributed by atoms with Crippen LogP contribution in [0.25, 0.3) is 0 Å². The summed E-state index contributed by atoms with van der Waals surface area (Å²) in [6, 6.07) is 11.1. The number of hydrogen-bond donors (Lipinski definition) is 4. The van der Waals surface area contributed by atoms with E-state index < -0.39 is 18.0 Å². The number of phenols is 1. The van der Waals surface area contributed by atoms with Gasteiger partial charge in [0.05, 0.1) is 6.04 Å². The summed E-state index contributed by atoms with van der Waals surface area (Å²) in [5.74, 6) is -0.851. The maximum atomic E-state index is 13.0. The van der Waals surface area contributed by atoms with Crippen molar-refractivity contribution in [1.82, 2.24) is 10.6 Å². The molecule has 0 aliphatic carbocycles. The Morgan fingerprint density at radius 1 is 1.15 bits per heavy atom. The van der Waals surface area contributed by atoms with Gasteiger partial charge in [0.2, 0.25) is 5.91 Å². The molecule has 1 aliphatic heterocycles. The first-order chi connectivity index (χ1) is 12.4. The molecule has 26 heavy (non-hydrogen) atoms. The lowest BCUT2D eigenvalue weighted by atomic mass is 9.88. The number of nitrogens with one attached hydrogen (secondary N) is 3. The molecule has 3 rings (SSSR count). The van der Waals surface area contributed by atoms with Crippen molar-refractivity contribution in [3.8, 4) is 5.75 Å². The van der Waals surface area contributed by atoms with Crippen LogP contribution in [0, 0.1) is 19.8 Å². The fourth-order valence-electron chi connectivity index (χ4n) is 3.05. The van der Waals surface area contributed by atoms with E-state index in [2.05, 4.69) is 22.5 Å². The molecule has 1 saturated heterocycles. The number of carbonyl (C=O) groups is 2. The van der Waals surface area contributed by atoms with E-state index in [1.165, 1.54) is 12.1 Å². The summed E-state index contributed by atoms with van der Waals surface area (Å²) in [7, 11) is 0. The van der Waals surface area contributed by atoms with Crippen LogP contribution in [0.3, 0.4) is 0 Å². The number of phenolic OH excluding ortho intramolecular Hbond substituents is 1. The topological polar surface area (TPSA) is 90.5 Å². The maximum absolute atomic E-state index is 13.0. The third-order valence-electron chi connectivity index (χ3n) is 4.67. The van der Waals surface area contributed by atoms with Crippen molar-refractivity contribution in [3.05, 3.63) is 71.4 Å². The Morgan fingerprint density at radius 3 is 2.54 bits per heavy atom. The molecule has 4 N–H and O–H groups in total. The minimum absolute atomic E-state index is 0.115. The SMILES string of the molecule is C=C1NC(=O)N[C@@H](c2ccc(O)cc2)[C@@H]1C(=O)Nc1cccc(C)c1C. The van der Waals surface area contributed by atoms with Crippen molar-refractivity contribution in [2.75, 3.05) is 5.32 Å². The highest BCUT2D eigenvalue weighted by Gasteiger charge is 2.37. The van der Waals surface area contributed by atoms with Gasteiger partial charge < -0.3 is 21.1 Å². The summed E-state index contributed by atoms with van der Waals surface area (Å²) in [5, 5.41) is 17.8. The number of rotatable bonds is 3. The zero-order chi connectivity index (χ0) is 18.8. The molecule has 3 amide bonds. The first-order valence-electron chi connectivity index (χ1n) is 8.29. The van der Waals surface area contributed by atoms with Crippen molar-refractivity contribution in [3.63, 3.8) is 0 Å². The van der Waals surface area contributed by atoms with E-state index in [0.717, 1.165) is 16.8 Å². The molecule has 0 unspecified atom stereocenters. The standard InChI is InChI=1S/C20H21N3O3/c1-11-5-4-6-16(12(11)2)22-19(25)17-13(3)21-20(26)23-18(17)14-7-9-15(24)10-8-14/h4-10,17-18,24H,3H2,1-2H3,(H,22,25)(H2,21,23,26)/t17-,18+/m1/s1. The third-order valence-corrected chi connectivity index (χ3v) is 4.67. The van der Waals surface area contributed by atoms with Crippen LogP contribution in [-0.2, 0) is 4.79 Å². The Bertz CT molecular complexity index is 874. The van der Waals surface area contributed by atoms with Crippen molar-refractivity contribution < 1.29 is 14.7 Å². The van der Waals surface area contributed by atoms with Gasteiger partial charge in [-0.25, -0.2) is 4.79 Å². The molecule has 0 bridgehead atoms. The summed E-state index contributed by atoms with van der Waals surface area (Å²) < 4.78 is 0. The van der Waals surface area contributed by atoms with E-state index in [0.29, 0.717) is 11.3 Å². The Morgan fingerprint density at radius 2 is 1.85 bits per heavy atom. The number of anilines is 1. The fourth-order valence-corrected chi connectivity index (χ4v) is 3.05. The summed E-state index contributed by atoms with van der Waals surface area (Å²) in [4.78, 5) is 24.9. The van der Waals surface area contributed by atoms with Gasteiger partial charge in [0, 0.05) is 11.4 Å². The van der Waals surface area contributed by atoms with E-state index in [-0.39, 0.29) is 11.7 Å². The number of carbonyl (C=O) groups excluding carboxylic acids is 2. The molecule has 2 aromatic carbocycles. The van der Waals surface area contributed by atoms with Crippen molar-refractivity contribution in [2.24, 2.45) is 5.92 Å². The molecule has 0 radical (unpaired) electrons. The second-order valence-electron chi connectivity index (χ2n) is 6.41. The van der Waals surface area contributed by atoms with Crippen LogP contribution in [0.2, 0.25) is 0 Å². The van der Waals surface area contributed by atoms with Crippen LogP contribution >= 0.6 is 0 Å². The largest absolute Gasteiger partial charge is 0.508 e. The van der Waals surface area contributed by atoms with Crippen LogP contribution in [0.1, 0.15) is 22.7 Å². The summed E-state index contributed by atoms with van der Waals surface area (Å²) in [6.45, 7) is 7.78. The molecule has 1 fully saturated rings. The number of amides is 3. The van der Waals surface area contributed by atoms with Gasteiger partial charge in [-0.15, -0.1) is 0 Å². The zero-order valence-corrected chi connectivity index (χ0v) is 14.7. The molecular weight excluding hydrogens is 330 g/mol. The Balaban J connectivity index is 1.91. The molecule has 6 nitrogen and oxygen atoms in total. The van der Waals surface area contributed by atoms with Gasteiger partial charge >= 0.3 is 6.03 Å². The van der Waals surface area contributed by atoms with Crippen LogP contribution < -0.4 is 16.0 Å². The first kappa shape index (κ1) is 17.5. The highest BCUT2D eigenvalue weighted by Crippen LogP contribution is 2.31. The van der Waals surface area contributed by atoms with Gasteiger partial charge in [-0.1, -0.05) is 30.8 Å². The first-order valence-corrected chi connectivity index (χ1v) is 8.29. The number of hydrogen-bond acceptors (Lipinski definition) is 3. The number of aryl methyl sites for hydroxylation is 1. The maximum Gasteiger partial charge on any atom is 0.319 e. The van der Waals surface area contributed by atoms with E-state index in [1.807, 2.05) is 32.0 Å². The van der Waals surface area contributed by atoms with E-state index in [1.54, 1.807) is 12.1 Å². The molecule has 134 valence electrons. The van der Waals surface area contributed by atoms with Crippen molar-refractivity contribution in [2.45, 2.75) is 19.9 Å². The van der Waals surface area contributed by atoms with Gasteiger partial charge in [-0.05, 0) is 48.7 Å². The molecular formula is C20H21N3O3. The lowest BCUT2D eigenvalue weighted by molar-refractivity contribution is -0.119. The molecule has 0 spiro atoms. The minimum Gasteiger partial charge on any atom is -0.508 e. The molecule has 2 atom stereocenters. The van der Waals surface area contributed by atoms with Gasteiger partial charge in [-0.3, -0.25) is 4.79 Å². The molecule has 0 saturated carbocycles. The third kappa shape index (κ3) is 3.39. The molecule has 1 heterocycles. The lowest BCUT2D eigenvalue weighted by Crippen LogP contribution is -2.51. The summed E-state index contributed by atoms with van der Waals surface area (Å²) in [6.07, 6.45) is 0. The highest BCUT2D eigenvalue weighted by molar-refractivity contribution is 5.97. The van der Waals surface area contributed by atoms with Gasteiger partial charge in [0.25, 0.3) is 0 Å². The van der Waals surface area contributed by atoms with E-state index >= 15 is 0 Å². The normalized spacial score (nSPS) is 19.5. The lowest BCUT2D eigenvalue weighted by Gasteiger charge is -2.34. The number of urea groups is 1. The van der Waals surface area contributed by atoms with Gasteiger partial charge in [-0.2, -0.15) is 0 Å². The minimum atomic E-state index is -0.697. The Hall–Kier alpha value is -3.28. The monoisotopic (exact) mass is 351 g/mol. The Labute approximate surface area is 151 Å². The van der Waals surface area contributed by atoms with Crippen molar-refractivity contribution >= 4 is 17.6 Å². The Kier molecular flexibility index (Phi) is 4.67. The van der Waals surface area contributed by atoms with Crippen LogP contribution in [0.15, 0.2) is 54.7 Å². The van der Waals surface area contributed by atoms with Gasteiger partial charge in [0.1, 0.15) is 11.7 Å². The molecule has 6 heteroatoms. The fraction of sp³-hybridized carbons (Fsp3) is 0.200.